The molecule has 0 aliphatic rings. The fourth-order valence-electron chi connectivity index (χ4n) is 2.91. The van der Waals surface area contributed by atoms with E-state index in [9.17, 15) is 14.7 Å². The summed E-state index contributed by atoms with van der Waals surface area (Å²) in [6, 6.07) is 0. The molecule has 0 radical (unpaired) electrons. The van der Waals surface area contributed by atoms with Gasteiger partial charge in [0.05, 0.1) is 12.6 Å². The van der Waals surface area contributed by atoms with Gasteiger partial charge in [-0.3, -0.25) is 4.79 Å². The highest BCUT2D eigenvalue weighted by Gasteiger charge is 2.21. The molecule has 6 nitrogen and oxygen atoms in total. The van der Waals surface area contributed by atoms with Crippen molar-refractivity contribution in [2.75, 3.05) is 19.6 Å². The van der Waals surface area contributed by atoms with Crippen molar-refractivity contribution in [2.24, 2.45) is 0 Å². The summed E-state index contributed by atoms with van der Waals surface area (Å²) < 4.78 is 5.22. The molecule has 168 valence electrons. The molecule has 0 spiro atoms. The van der Waals surface area contributed by atoms with Crippen molar-refractivity contribution in [3.8, 4) is 0 Å². The molecule has 0 aromatic rings. The van der Waals surface area contributed by atoms with Crippen molar-refractivity contribution in [3.05, 3.63) is 22.8 Å². The molecule has 1 atom stereocenters. The number of ether oxygens (including phenoxy) is 1. The third-order valence-electron chi connectivity index (χ3n) is 4.81. The maximum atomic E-state index is 12.4. The van der Waals surface area contributed by atoms with Crippen molar-refractivity contribution >= 4 is 12.0 Å². The molecule has 0 heterocycles. The van der Waals surface area contributed by atoms with Crippen molar-refractivity contribution in [1.82, 2.24) is 10.2 Å². The third kappa shape index (κ3) is 11.1. The molecule has 2 N–H and O–H groups in total. The van der Waals surface area contributed by atoms with Crippen LogP contribution in [0.1, 0.15) is 81.1 Å². The Kier molecular flexibility index (Phi) is 12.6. The average molecular weight is 411 g/mol. The number of carbonyl (C=O) groups is 2. The van der Waals surface area contributed by atoms with Crippen LogP contribution in [0.15, 0.2) is 22.8 Å². The maximum absolute atomic E-state index is 12.4. The van der Waals surface area contributed by atoms with E-state index in [0.717, 1.165) is 36.0 Å². The van der Waals surface area contributed by atoms with Gasteiger partial charge in [0, 0.05) is 19.5 Å². The number of aliphatic hydroxyl groups is 1. The van der Waals surface area contributed by atoms with Crippen molar-refractivity contribution in [2.45, 2.75) is 92.8 Å². The molecule has 0 saturated carbocycles. The monoisotopic (exact) mass is 410 g/mol. The first-order valence-electron chi connectivity index (χ1n) is 10.7. The fraction of sp³-hybridized carbons (Fsp3) is 0.739. The zero-order chi connectivity index (χ0) is 22.6. The van der Waals surface area contributed by atoms with Gasteiger partial charge >= 0.3 is 6.09 Å². The molecular formula is C23H42N2O4. The van der Waals surface area contributed by atoms with Gasteiger partial charge < -0.3 is 20.1 Å². The number of aliphatic hydroxyl groups excluding tert-OH is 1. The minimum Gasteiger partial charge on any atom is -0.444 e. The SMILES string of the molecule is C/C=C(C)\C(C)=C(/CCCC)C(O)CN(CCNC(=O)OC(C)(C)C)C(=O)CC. The molecule has 2 amide bonds. The normalized spacial score (nSPS) is 14.2. The van der Waals surface area contributed by atoms with Crippen LogP contribution in [0.5, 0.6) is 0 Å². The summed E-state index contributed by atoms with van der Waals surface area (Å²) in [6.07, 6.45) is 3.98. The molecule has 0 fully saturated rings. The van der Waals surface area contributed by atoms with Gasteiger partial charge in [-0.1, -0.05) is 31.9 Å². The highest BCUT2D eigenvalue weighted by atomic mass is 16.6. The maximum Gasteiger partial charge on any atom is 0.407 e. The molecule has 0 saturated heterocycles. The molecule has 0 aromatic carbocycles. The number of nitrogens with one attached hydrogen (secondary N) is 1. The lowest BCUT2D eigenvalue weighted by molar-refractivity contribution is -0.132. The minimum atomic E-state index is -0.728. The molecule has 0 bridgehead atoms. The summed E-state index contributed by atoms with van der Waals surface area (Å²) in [5.74, 6) is -0.0507. The summed E-state index contributed by atoms with van der Waals surface area (Å²) in [4.78, 5) is 25.8. The van der Waals surface area contributed by atoms with Crippen LogP contribution in [0.25, 0.3) is 0 Å². The largest absolute Gasteiger partial charge is 0.444 e. The molecule has 1 unspecified atom stereocenters. The lowest BCUT2D eigenvalue weighted by Gasteiger charge is -2.28. The second-order valence-electron chi connectivity index (χ2n) is 8.36. The summed E-state index contributed by atoms with van der Waals surface area (Å²) in [5.41, 5.74) is 2.64. The second kappa shape index (κ2) is 13.4. The van der Waals surface area contributed by atoms with Gasteiger partial charge in [-0.2, -0.15) is 0 Å². The van der Waals surface area contributed by atoms with E-state index >= 15 is 0 Å². The second-order valence-corrected chi connectivity index (χ2v) is 8.36. The Balaban J connectivity index is 5.18. The predicted molar refractivity (Wildman–Crippen MR) is 119 cm³/mol. The highest BCUT2D eigenvalue weighted by Crippen LogP contribution is 2.23. The quantitative estimate of drug-likeness (QED) is 0.489. The minimum absolute atomic E-state index is 0.0507. The number of alkyl carbamates (subject to hydrolysis) is 1. The lowest BCUT2D eigenvalue weighted by atomic mass is 9.93. The standard InChI is InChI=1S/C23H42N2O4/c1-9-12-13-19(18(5)17(4)10-2)20(26)16-25(21(27)11-3)15-14-24-22(28)29-23(6,7)8/h10,20,26H,9,11-16H2,1-8H3,(H,24,28)/b17-10-,19-18+. The first-order chi connectivity index (χ1) is 13.5. The zero-order valence-corrected chi connectivity index (χ0v) is 19.7. The average Bonchev–Trinajstić information content (AvgIpc) is 2.64. The Morgan fingerprint density at radius 2 is 1.83 bits per heavy atom. The van der Waals surface area contributed by atoms with Crippen LogP contribution in [0.3, 0.4) is 0 Å². The Labute approximate surface area is 177 Å². The van der Waals surface area contributed by atoms with Crippen LogP contribution in [0, 0.1) is 0 Å². The number of carbonyl (C=O) groups excluding carboxylic acids is 2. The molecule has 0 aliphatic carbocycles. The first kappa shape index (κ1) is 27.2. The topological polar surface area (TPSA) is 78.9 Å². The Morgan fingerprint density at radius 3 is 2.31 bits per heavy atom. The van der Waals surface area contributed by atoms with Gasteiger partial charge in [-0.15, -0.1) is 0 Å². The number of rotatable bonds is 11. The Hall–Kier alpha value is -1.82. The lowest BCUT2D eigenvalue weighted by Crippen LogP contribution is -2.43. The van der Waals surface area contributed by atoms with Crippen LogP contribution in [0.4, 0.5) is 4.79 Å². The van der Waals surface area contributed by atoms with Gasteiger partial charge in [-0.05, 0) is 65.5 Å². The number of amides is 2. The van der Waals surface area contributed by atoms with Crippen LogP contribution in [0.2, 0.25) is 0 Å². The molecule has 6 heteroatoms. The van der Waals surface area contributed by atoms with E-state index in [4.69, 9.17) is 4.74 Å². The third-order valence-corrected chi connectivity index (χ3v) is 4.81. The van der Waals surface area contributed by atoms with Gasteiger partial charge in [0.25, 0.3) is 0 Å². The van der Waals surface area contributed by atoms with E-state index in [2.05, 4.69) is 12.2 Å². The first-order valence-corrected chi connectivity index (χ1v) is 10.7. The summed E-state index contributed by atoms with van der Waals surface area (Å²) in [5, 5.41) is 13.6. The molecular weight excluding hydrogens is 368 g/mol. The molecule has 29 heavy (non-hydrogen) atoms. The summed E-state index contributed by atoms with van der Waals surface area (Å²) >= 11 is 0. The molecule has 0 aromatic heterocycles. The Morgan fingerprint density at radius 1 is 1.21 bits per heavy atom. The summed E-state index contributed by atoms with van der Waals surface area (Å²) in [7, 11) is 0. The van der Waals surface area contributed by atoms with E-state index in [-0.39, 0.29) is 19.0 Å². The van der Waals surface area contributed by atoms with Crippen molar-refractivity contribution < 1.29 is 19.4 Å². The Bertz CT molecular complexity index is 588. The van der Waals surface area contributed by atoms with Gasteiger partial charge in [-0.25, -0.2) is 4.79 Å². The molecule has 0 aliphatic heterocycles. The number of hydrogen-bond acceptors (Lipinski definition) is 4. The number of hydrogen-bond donors (Lipinski definition) is 2. The van der Waals surface area contributed by atoms with Gasteiger partial charge in [0.15, 0.2) is 0 Å². The number of unbranched alkanes of at least 4 members (excludes halogenated alkanes) is 1. The number of allylic oxidation sites excluding steroid dienone is 3. The fourth-order valence-corrected chi connectivity index (χ4v) is 2.91. The highest BCUT2D eigenvalue weighted by molar-refractivity contribution is 5.76. The molecule has 0 rings (SSSR count). The van der Waals surface area contributed by atoms with E-state index in [1.165, 1.54) is 0 Å². The summed E-state index contributed by atoms with van der Waals surface area (Å²) in [6.45, 7) is 16.2. The van der Waals surface area contributed by atoms with Crippen LogP contribution in [-0.2, 0) is 9.53 Å². The van der Waals surface area contributed by atoms with Crippen LogP contribution < -0.4 is 5.32 Å². The van der Waals surface area contributed by atoms with E-state index in [0.29, 0.717) is 13.0 Å². The van der Waals surface area contributed by atoms with Crippen LogP contribution >= 0.6 is 0 Å². The number of nitrogens with zero attached hydrogens (tertiary/aromatic N) is 1. The van der Waals surface area contributed by atoms with E-state index in [1.807, 2.05) is 26.8 Å². The zero-order valence-electron chi connectivity index (χ0n) is 19.7. The van der Waals surface area contributed by atoms with Crippen LogP contribution in [-0.4, -0.2) is 53.3 Å². The predicted octanol–water partition coefficient (Wildman–Crippen LogP) is 4.58. The van der Waals surface area contributed by atoms with E-state index < -0.39 is 17.8 Å². The van der Waals surface area contributed by atoms with E-state index in [1.54, 1.807) is 32.6 Å². The van der Waals surface area contributed by atoms with Crippen molar-refractivity contribution in [1.29, 1.82) is 0 Å². The van der Waals surface area contributed by atoms with Gasteiger partial charge in [0.2, 0.25) is 5.91 Å². The van der Waals surface area contributed by atoms with Crippen molar-refractivity contribution in [3.63, 3.8) is 0 Å². The van der Waals surface area contributed by atoms with Gasteiger partial charge in [0.1, 0.15) is 5.60 Å². The smallest absolute Gasteiger partial charge is 0.407 e.